The van der Waals surface area contributed by atoms with E-state index < -0.39 is 9.73 Å². The van der Waals surface area contributed by atoms with Gasteiger partial charge < -0.3 is 10.7 Å². The number of anilines is 1. The van der Waals surface area contributed by atoms with Gasteiger partial charge in [-0.2, -0.15) is 4.98 Å². The van der Waals surface area contributed by atoms with Crippen LogP contribution in [0.1, 0.15) is 18.1 Å². The summed E-state index contributed by atoms with van der Waals surface area (Å²) in [5, 5.41) is -0.147. The molecule has 24 heavy (non-hydrogen) atoms. The first kappa shape index (κ1) is 16.2. The second-order valence-corrected chi connectivity index (χ2v) is 7.85. The van der Waals surface area contributed by atoms with E-state index in [1.807, 2.05) is 31.2 Å². The maximum Gasteiger partial charge on any atom is 0.328 e. The van der Waals surface area contributed by atoms with E-state index in [0.717, 1.165) is 11.1 Å². The van der Waals surface area contributed by atoms with Crippen molar-refractivity contribution in [3.63, 3.8) is 0 Å². The molecule has 0 saturated carbocycles. The molecule has 0 aliphatic carbocycles. The second kappa shape index (κ2) is 5.75. The fraction of sp³-hybridized carbons (Fsp3) is 0.267. The van der Waals surface area contributed by atoms with Crippen LogP contribution < -0.4 is 11.4 Å². The van der Waals surface area contributed by atoms with Crippen molar-refractivity contribution in [3.05, 3.63) is 45.9 Å². The third-order valence-electron chi connectivity index (χ3n) is 3.79. The van der Waals surface area contributed by atoms with Crippen molar-refractivity contribution in [1.29, 1.82) is 4.78 Å². The molecule has 0 amide bonds. The number of fused-ring (bicyclic) bond motifs is 1. The van der Waals surface area contributed by atoms with Gasteiger partial charge in [0.2, 0.25) is 5.16 Å². The summed E-state index contributed by atoms with van der Waals surface area (Å²) in [5.41, 5.74) is 8.08. The van der Waals surface area contributed by atoms with Gasteiger partial charge in [-0.25, -0.2) is 18.8 Å². The van der Waals surface area contributed by atoms with Crippen molar-refractivity contribution in [2.45, 2.75) is 25.5 Å². The second-order valence-electron chi connectivity index (χ2n) is 5.56. The molecule has 0 radical (unpaired) electrons. The van der Waals surface area contributed by atoms with Crippen LogP contribution in [0.4, 0.5) is 5.82 Å². The Bertz CT molecular complexity index is 1060. The van der Waals surface area contributed by atoms with Gasteiger partial charge in [0.25, 0.3) is 0 Å². The van der Waals surface area contributed by atoms with Crippen LogP contribution in [0.15, 0.2) is 34.2 Å². The monoisotopic (exact) mass is 346 g/mol. The summed E-state index contributed by atoms with van der Waals surface area (Å²) in [7, 11) is -3.13. The summed E-state index contributed by atoms with van der Waals surface area (Å²) < 4.78 is 21.5. The van der Waals surface area contributed by atoms with E-state index in [9.17, 15) is 9.00 Å². The van der Waals surface area contributed by atoms with Crippen molar-refractivity contribution in [3.8, 4) is 0 Å². The van der Waals surface area contributed by atoms with Gasteiger partial charge in [0.05, 0.1) is 6.54 Å². The highest BCUT2D eigenvalue weighted by molar-refractivity contribution is 7.92. The van der Waals surface area contributed by atoms with E-state index in [2.05, 4.69) is 15.0 Å². The quantitative estimate of drug-likeness (QED) is 0.616. The highest BCUT2D eigenvalue weighted by Crippen LogP contribution is 2.18. The Morgan fingerprint density at radius 1 is 1.29 bits per heavy atom. The van der Waals surface area contributed by atoms with Crippen LogP contribution >= 0.6 is 0 Å². The minimum absolute atomic E-state index is 0.0168. The number of aryl methyl sites for hydroxylation is 1. The smallest absolute Gasteiger partial charge is 0.328 e. The van der Waals surface area contributed by atoms with Gasteiger partial charge in [0.1, 0.15) is 15.2 Å². The number of nitrogens with one attached hydrogen (secondary N) is 2. The zero-order chi connectivity index (χ0) is 17.5. The van der Waals surface area contributed by atoms with Crippen LogP contribution in [0, 0.1) is 11.7 Å². The van der Waals surface area contributed by atoms with Gasteiger partial charge >= 0.3 is 5.69 Å². The number of nitrogens with zero attached hydrogens (tertiary/aromatic N) is 3. The summed E-state index contributed by atoms with van der Waals surface area (Å²) in [6.45, 7) is 3.90. The van der Waals surface area contributed by atoms with E-state index >= 15 is 0 Å². The van der Waals surface area contributed by atoms with E-state index in [-0.39, 0.29) is 28.1 Å². The number of hydrogen-bond acceptors (Lipinski definition) is 6. The fourth-order valence-electron chi connectivity index (χ4n) is 2.33. The summed E-state index contributed by atoms with van der Waals surface area (Å²) in [5.74, 6) is 0.0908. The first-order chi connectivity index (χ1) is 11.3. The van der Waals surface area contributed by atoms with Crippen molar-refractivity contribution in [2.75, 3.05) is 11.5 Å². The SMILES string of the molecule is CC[S@](=N)(=O)c1nc(N)c2[nH]c(=O)n(Cc3ccc(C)cc3)c2n1. The molecule has 126 valence electrons. The van der Waals surface area contributed by atoms with E-state index in [4.69, 9.17) is 10.5 Å². The molecule has 0 unspecified atom stereocenters. The normalized spacial score (nSPS) is 13.9. The van der Waals surface area contributed by atoms with Gasteiger partial charge in [-0.3, -0.25) is 4.57 Å². The fourth-order valence-corrected chi connectivity index (χ4v) is 3.07. The molecule has 2 aromatic heterocycles. The van der Waals surface area contributed by atoms with E-state index in [1.54, 1.807) is 6.92 Å². The molecule has 1 atom stereocenters. The van der Waals surface area contributed by atoms with Crippen LogP contribution in [0.5, 0.6) is 0 Å². The number of hydrogen-bond donors (Lipinski definition) is 3. The lowest BCUT2D eigenvalue weighted by molar-refractivity contribution is 0.667. The first-order valence-electron chi connectivity index (χ1n) is 7.40. The third kappa shape index (κ3) is 2.78. The highest BCUT2D eigenvalue weighted by Gasteiger charge is 2.18. The lowest BCUT2D eigenvalue weighted by atomic mass is 10.1. The summed E-state index contributed by atoms with van der Waals surface area (Å²) >= 11 is 0. The molecule has 0 aliphatic heterocycles. The van der Waals surface area contributed by atoms with Gasteiger partial charge in [-0.15, -0.1) is 0 Å². The predicted octanol–water partition coefficient (Wildman–Crippen LogP) is 1.48. The Labute approximate surface area is 138 Å². The van der Waals surface area contributed by atoms with Crippen LogP contribution in [0.25, 0.3) is 11.2 Å². The number of aromatic amines is 1. The molecule has 0 fully saturated rings. The summed E-state index contributed by atoms with van der Waals surface area (Å²) in [6, 6.07) is 7.76. The highest BCUT2D eigenvalue weighted by atomic mass is 32.2. The zero-order valence-electron chi connectivity index (χ0n) is 13.4. The minimum atomic E-state index is -3.13. The van der Waals surface area contributed by atoms with Crippen molar-refractivity contribution >= 4 is 26.7 Å². The molecule has 3 aromatic rings. The molecule has 0 bridgehead atoms. The van der Waals surface area contributed by atoms with Crippen LogP contribution in [-0.4, -0.2) is 29.5 Å². The largest absolute Gasteiger partial charge is 0.382 e. The van der Waals surface area contributed by atoms with Gasteiger partial charge in [0, 0.05) is 5.75 Å². The first-order valence-corrected chi connectivity index (χ1v) is 9.12. The lowest BCUT2D eigenvalue weighted by Crippen LogP contribution is -2.18. The molecule has 8 nitrogen and oxygen atoms in total. The molecule has 0 saturated heterocycles. The molecule has 2 heterocycles. The van der Waals surface area contributed by atoms with Crippen molar-refractivity contribution in [2.24, 2.45) is 0 Å². The Hall–Kier alpha value is -2.68. The number of imidazole rings is 1. The Balaban J connectivity index is 2.19. The van der Waals surface area contributed by atoms with Crippen LogP contribution in [0.3, 0.4) is 0 Å². The van der Waals surface area contributed by atoms with Gasteiger partial charge in [0.15, 0.2) is 11.5 Å². The van der Waals surface area contributed by atoms with Crippen molar-refractivity contribution in [1.82, 2.24) is 19.5 Å². The van der Waals surface area contributed by atoms with Crippen LogP contribution in [0.2, 0.25) is 0 Å². The zero-order valence-corrected chi connectivity index (χ0v) is 14.2. The Morgan fingerprint density at radius 3 is 2.58 bits per heavy atom. The number of rotatable bonds is 4. The number of nitrogen functional groups attached to an aromatic ring is 1. The maximum atomic E-state index is 12.3. The van der Waals surface area contributed by atoms with E-state index in [0.29, 0.717) is 12.1 Å². The number of benzene rings is 1. The Morgan fingerprint density at radius 2 is 1.96 bits per heavy atom. The molecule has 3 rings (SSSR count). The van der Waals surface area contributed by atoms with Gasteiger partial charge in [-0.1, -0.05) is 36.8 Å². The summed E-state index contributed by atoms with van der Waals surface area (Å²) in [6.07, 6.45) is 0. The lowest BCUT2D eigenvalue weighted by Gasteiger charge is -2.07. The average molecular weight is 346 g/mol. The number of nitrogens with two attached hydrogens (primary N) is 1. The molecule has 9 heteroatoms. The molecular formula is C15H18N6O2S. The topological polar surface area (TPSA) is 131 Å². The predicted molar refractivity (Wildman–Crippen MR) is 92.5 cm³/mol. The number of H-pyrrole nitrogens is 1. The van der Waals surface area contributed by atoms with Gasteiger partial charge in [-0.05, 0) is 12.5 Å². The molecule has 1 aromatic carbocycles. The standard InChI is InChI=1S/C15H18N6O2S/c1-3-24(17,23)14-19-12(16)11-13(20-14)21(15(22)18-11)8-10-6-4-9(2)5-7-10/h4-7,17H,3,8H2,1-2H3,(H,18,22)(H2,16,19,20)/t24-/m0/s1. The van der Waals surface area contributed by atoms with E-state index in [1.165, 1.54) is 4.57 Å². The average Bonchev–Trinajstić information content (AvgIpc) is 2.86. The molecule has 0 spiro atoms. The number of aromatic nitrogens is 4. The molecule has 4 N–H and O–H groups in total. The summed E-state index contributed by atoms with van der Waals surface area (Å²) in [4.78, 5) is 23.0. The maximum absolute atomic E-state index is 12.3. The van der Waals surface area contributed by atoms with Crippen molar-refractivity contribution < 1.29 is 4.21 Å². The third-order valence-corrected chi connectivity index (χ3v) is 5.38. The van der Waals surface area contributed by atoms with Crippen LogP contribution in [-0.2, 0) is 16.3 Å². The minimum Gasteiger partial charge on any atom is -0.382 e. The molecule has 0 aliphatic rings. The molecular weight excluding hydrogens is 328 g/mol. The Kier molecular flexibility index (Phi) is 3.88.